The molecule has 2 aromatic rings. The zero-order valence-electron chi connectivity index (χ0n) is 28.5. The second-order valence-corrected chi connectivity index (χ2v) is 14.0. The largest absolute Gasteiger partial charge is 0.445 e. The number of ether oxygens (including phenoxy) is 3. The van der Waals surface area contributed by atoms with Gasteiger partial charge in [-0.05, 0) is 64.1 Å². The predicted molar refractivity (Wildman–Crippen MR) is 178 cm³/mol. The number of amides is 3. The van der Waals surface area contributed by atoms with E-state index in [-0.39, 0.29) is 45.1 Å². The van der Waals surface area contributed by atoms with Crippen LogP contribution in [0.3, 0.4) is 0 Å². The van der Waals surface area contributed by atoms with Crippen molar-refractivity contribution in [1.82, 2.24) is 20.0 Å². The highest BCUT2D eigenvalue weighted by Crippen LogP contribution is 2.50. The fourth-order valence-electron chi connectivity index (χ4n) is 6.75. The standard InChI is InChI=1S/C20H26F2N2O4.C15H18F2N2O2.ClH/c1-18(2,3)28-16(25)23-11-7-10-19(13-23)20(21,22)14-24(19)17(26)27-12-15-8-5-4-6-9-15;16-15(17)11-19(14(15)7-4-8-18-10-14)13(20)21-9-12-5-2-1-3-6-12;/h4-6,8-9H,7,10-14H2,1-3H3;1-3,5-6,18H,4,7-11H2;1H. The first-order chi connectivity index (χ1) is 23.1. The van der Waals surface area contributed by atoms with Crippen molar-refractivity contribution >= 4 is 30.7 Å². The summed E-state index contributed by atoms with van der Waals surface area (Å²) in [6, 6.07) is 18.2. The summed E-state index contributed by atoms with van der Waals surface area (Å²) < 4.78 is 72.9. The molecule has 2 spiro atoms. The van der Waals surface area contributed by atoms with E-state index >= 15 is 0 Å². The Labute approximate surface area is 295 Å². The van der Waals surface area contributed by atoms with Crippen molar-refractivity contribution in [3.8, 4) is 0 Å². The Morgan fingerprint density at radius 3 is 1.64 bits per heavy atom. The summed E-state index contributed by atoms with van der Waals surface area (Å²) in [6.45, 7) is 4.89. The highest BCUT2D eigenvalue weighted by molar-refractivity contribution is 5.85. The average Bonchev–Trinajstić information content (AvgIpc) is 3.08. The Kier molecular flexibility index (Phi) is 11.9. The summed E-state index contributed by atoms with van der Waals surface area (Å²) in [5.41, 5.74) is -2.25. The molecule has 0 aliphatic carbocycles. The summed E-state index contributed by atoms with van der Waals surface area (Å²) in [4.78, 5) is 40.5. The number of piperidine rings is 2. The minimum atomic E-state index is -3.08. The van der Waals surface area contributed by atoms with E-state index in [1.165, 1.54) is 9.80 Å². The SMILES string of the molecule is CC(C)(C)OC(=O)N1CCCC2(C1)N(C(=O)OCc1ccccc1)CC2(F)F.Cl.O=C(OCc1ccccc1)N1CC(F)(F)C12CCCNC2. The van der Waals surface area contributed by atoms with Gasteiger partial charge in [0.05, 0.1) is 19.6 Å². The molecule has 0 radical (unpaired) electrons. The molecular weight excluding hydrogens is 684 g/mol. The number of hydrogen-bond donors (Lipinski definition) is 1. The topological polar surface area (TPSA) is 101 Å². The van der Waals surface area contributed by atoms with Crippen LogP contribution in [0, 0.1) is 0 Å². The number of hydrogen-bond acceptors (Lipinski definition) is 7. The van der Waals surface area contributed by atoms with Crippen LogP contribution < -0.4 is 5.32 Å². The maximum Gasteiger partial charge on any atom is 0.411 e. The molecule has 2 atom stereocenters. The normalized spacial score (nSPS) is 24.8. The van der Waals surface area contributed by atoms with Gasteiger partial charge in [0.25, 0.3) is 11.8 Å². The lowest BCUT2D eigenvalue weighted by molar-refractivity contribution is -0.245. The van der Waals surface area contributed by atoms with Crippen molar-refractivity contribution in [3.63, 3.8) is 0 Å². The molecule has 2 unspecified atom stereocenters. The van der Waals surface area contributed by atoms with E-state index < -0.39 is 59.9 Å². The Morgan fingerprint density at radius 1 is 0.720 bits per heavy atom. The number of carbonyl (C=O) groups excluding carboxylic acids is 3. The Balaban J connectivity index is 0.000000229. The zero-order chi connectivity index (χ0) is 35.5. The minimum absolute atomic E-state index is 0. The van der Waals surface area contributed by atoms with Gasteiger partial charge < -0.3 is 24.4 Å². The Bertz CT molecular complexity index is 1480. The summed E-state index contributed by atoms with van der Waals surface area (Å²) in [5.74, 6) is -5.92. The van der Waals surface area contributed by atoms with Crippen LogP contribution in [-0.4, -0.2) is 101 Å². The number of nitrogens with one attached hydrogen (secondary N) is 1. The molecule has 3 amide bonds. The highest BCUT2D eigenvalue weighted by atomic mass is 35.5. The van der Waals surface area contributed by atoms with E-state index in [0.29, 0.717) is 32.4 Å². The second kappa shape index (κ2) is 15.2. The quantitative estimate of drug-likeness (QED) is 0.271. The fraction of sp³-hybridized carbons (Fsp3) is 0.571. The first-order valence-electron chi connectivity index (χ1n) is 16.5. The molecule has 6 rings (SSSR count). The fourth-order valence-corrected chi connectivity index (χ4v) is 6.75. The van der Waals surface area contributed by atoms with Crippen molar-refractivity contribution < 1.29 is 46.2 Å². The van der Waals surface area contributed by atoms with Gasteiger partial charge in [0.1, 0.15) is 29.9 Å². The average molecular weight is 729 g/mol. The molecule has 50 heavy (non-hydrogen) atoms. The molecular formula is C35H45ClF4N4O6. The van der Waals surface area contributed by atoms with Crippen molar-refractivity contribution in [2.75, 3.05) is 39.3 Å². The van der Waals surface area contributed by atoms with Crippen molar-refractivity contribution in [2.24, 2.45) is 0 Å². The first-order valence-corrected chi connectivity index (χ1v) is 16.5. The molecule has 10 nitrogen and oxygen atoms in total. The number of likely N-dealkylation sites (tertiary alicyclic amines) is 3. The van der Waals surface area contributed by atoms with E-state index in [9.17, 15) is 31.9 Å². The van der Waals surface area contributed by atoms with Gasteiger partial charge in [-0.15, -0.1) is 12.4 Å². The molecule has 0 aromatic heterocycles. The molecule has 4 aliphatic rings. The summed E-state index contributed by atoms with van der Waals surface area (Å²) in [6.07, 6.45) is -0.677. The van der Waals surface area contributed by atoms with Crippen LogP contribution in [0.4, 0.5) is 31.9 Å². The molecule has 1 N–H and O–H groups in total. The zero-order valence-corrected chi connectivity index (χ0v) is 29.3. The molecule has 4 aliphatic heterocycles. The molecule has 0 bridgehead atoms. The van der Waals surface area contributed by atoms with Crippen LogP contribution in [0.25, 0.3) is 0 Å². The van der Waals surface area contributed by atoms with Gasteiger partial charge in [0, 0.05) is 13.1 Å². The van der Waals surface area contributed by atoms with Gasteiger partial charge in [-0.2, -0.15) is 0 Å². The van der Waals surface area contributed by atoms with Gasteiger partial charge >= 0.3 is 18.3 Å². The lowest BCUT2D eigenvalue weighted by Crippen LogP contribution is -2.81. The van der Waals surface area contributed by atoms with Gasteiger partial charge in [-0.3, -0.25) is 9.80 Å². The molecule has 4 heterocycles. The second-order valence-electron chi connectivity index (χ2n) is 14.0. The van der Waals surface area contributed by atoms with Crippen LogP contribution in [0.5, 0.6) is 0 Å². The van der Waals surface area contributed by atoms with Crippen LogP contribution in [0.2, 0.25) is 0 Å². The third-order valence-electron chi connectivity index (χ3n) is 9.44. The highest BCUT2D eigenvalue weighted by Gasteiger charge is 2.71. The number of benzene rings is 2. The Morgan fingerprint density at radius 2 is 1.20 bits per heavy atom. The lowest BCUT2D eigenvalue weighted by Gasteiger charge is -2.59. The molecule has 0 saturated carbocycles. The molecule has 15 heteroatoms. The predicted octanol–water partition coefficient (Wildman–Crippen LogP) is 6.86. The van der Waals surface area contributed by atoms with Gasteiger partial charge in [-0.1, -0.05) is 60.7 Å². The number of nitrogens with zero attached hydrogens (tertiary/aromatic N) is 3. The van der Waals surface area contributed by atoms with Crippen LogP contribution in [-0.2, 0) is 27.4 Å². The minimum Gasteiger partial charge on any atom is -0.445 e. The molecule has 276 valence electrons. The van der Waals surface area contributed by atoms with Crippen LogP contribution in [0.15, 0.2) is 60.7 Å². The number of alkyl halides is 4. The first kappa shape index (κ1) is 39.0. The van der Waals surface area contributed by atoms with Crippen LogP contribution >= 0.6 is 12.4 Å². The van der Waals surface area contributed by atoms with E-state index in [2.05, 4.69) is 5.32 Å². The number of halogens is 5. The van der Waals surface area contributed by atoms with Crippen molar-refractivity contribution in [1.29, 1.82) is 0 Å². The van der Waals surface area contributed by atoms with Gasteiger partial charge in [0.15, 0.2) is 0 Å². The van der Waals surface area contributed by atoms with E-state index in [1.54, 1.807) is 32.9 Å². The van der Waals surface area contributed by atoms with E-state index in [0.717, 1.165) is 16.0 Å². The van der Waals surface area contributed by atoms with E-state index in [1.807, 2.05) is 48.5 Å². The van der Waals surface area contributed by atoms with Gasteiger partial charge in [-0.25, -0.2) is 31.9 Å². The molecule has 4 saturated heterocycles. The molecule has 2 aromatic carbocycles. The summed E-state index contributed by atoms with van der Waals surface area (Å²) in [7, 11) is 0. The van der Waals surface area contributed by atoms with E-state index in [4.69, 9.17) is 14.2 Å². The van der Waals surface area contributed by atoms with Gasteiger partial charge in [0.2, 0.25) is 0 Å². The third kappa shape index (κ3) is 8.06. The number of rotatable bonds is 4. The summed E-state index contributed by atoms with van der Waals surface area (Å²) in [5, 5.41) is 2.96. The number of carbonyl (C=O) groups is 3. The molecule has 4 fully saturated rings. The maximum atomic E-state index is 14.6. The van der Waals surface area contributed by atoms with Crippen molar-refractivity contribution in [2.45, 2.75) is 88.2 Å². The van der Waals surface area contributed by atoms with Crippen LogP contribution in [0.1, 0.15) is 57.6 Å². The summed E-state index contributed by atoms with van der Waals surface area (Å²) >= 11 is 0. The van der Waals surface area contributed by atoms with Crippen molar-refractivity contribution in [3.05, 3.63) is 71.8 Å². The Hall–Kier alpha value is -3.78. The third-order valence-corrected chi connectivity index (χ3v) is 9.44. The smallest absolute Gasteiger partial charge is 0.411 e. The monoisotopic (exact) mass is 728 g/mol. The maximum absolute atomic E-state index is 14.6. The lowest BCUT2D eigenvalue weighted by atomic mass is 9.74.